The summed E-state index contributed by atoms with van der Waals surface area (Å²) in [6.45, 7) is 1.78. The summed E-state index contributed by atoms with van der Waals surface area (Å²) in [5.74, 6) is -0.772. The van der Waals surface area contributed by atoms with Crippen molar-refractivity contribution in [1.82, 2.24) is 4.73 Å². The van der Waals surface area contributed by atoms with Gasteiger partial charge in [-0.05, 0) is 30.7 Å². The molecule has 0 fully saturated rings. The van der Waals surface area contributed by atoms with E-state index in [-0.39, 0.29) is 12.2 Å². The lowest BCUT2D eigenvalue weighted by Gasteiger charge is -2.07. The molecule has 6 heteroatoms. The number of nitrogens with two attached hydrogens (primary N) is 1. The van der Waals surface area contributed by atoms with Crippen LogP contribution >= 0.6 is 0 Å². The normalized spacial score (nSPS) is 10.2. The van der Waals surface area contributed by atoms with Crippen LogP contribution in [0.5, 0.6) is 0 Å². The standard InChI is InChI=1S/C14H14N2O4/c1-2-20-14(18)12-7-10(8-16(19)13(12)17)9-4-3-5-11(15)6-9/h3-8,19H,2,15H2,1H3. The molecule has 0 aliphatic carbocycles. The smallest absolute Gasteiger partial charge is 0.343 e. The van der Waals surface area contributed by atoms with Crippen LogP contribution < -0.4 is 11.3 Å². The summed E-state index contributed by atoms with van der Waals surface area (Å²) in [6, 6.07) is 8.26. The Bertz CT molecular complexity index is 707. The number of nitrogens with zero attached hydrogens (tertiary/aromatic N) is 1. The van der Waals surface area contributed by atoms with Crippen molar-refractivity contribution in [3.8, 4) is 11.1 Å². The van der Waals surface area contributed by atoms with Gasteiger partial charge in [-0.2, -0.15) is 4.73 Å². The maximum atomic E-state index is 11.7. The Kier molecular flexibility index (Phi) is 3.74. The lowest BCUT2D eigenvalue weighted by molar-refractivity contribution is 0.0518. The Labute approximate surface area is 115 Å². The first-order chi connectivity index (χ1) is 9.52. The topological polar surface area (TPSA) is 94.6 Å². The summed E-state index contributed by atoms with van der Waals surface area (Å²) >= 11 is 0. The fraction of sp³-hybridized carbons (Fsp3) is 0.143. The number of hydrogen-bond acceptors (Lipinski definition) is 5. The predicted molar refractivity (Wildman–Crippen MR) is 73.7 cm³/mol. The molecule has 104 valence electrons. The number of anilines is 1. The second-order valence-corrected chi connectivity index (χ2v) is 4.14. The molecule has 1 heterocycles. The zero-order chi connectivity index (χ0) is 14.7. The van der Waals surface area contributed by atoms with Gasteiger partial charge in [-0.15, -0.1) is 0 Å². The lowest BCUT2D eigenvalue weighted by atomic mass is 10.1. The van der Waals surface area contributed by atoms with Crippen molar-refractivity contribution in [2.45, 2.75) is 6.92 Å². The van der Waals surface area contributed by atoms with E-state index in [1.165, 1.54) is 12.3 Å². The SMILES string of the molecule is CCOC(=O)c1cc(-c2cccc(N)c2)cn(O)c1=O. The van der Waals surface area contributed by atoms with Gasteiger partial charge in [0.15, 0.2) is 0 Å². The van der Waals surface area contributed by atoms with Crippen molar-refractivity contribution in [2.75, 3.05) is 12.3 Å². The number of ether oxygens (including phenoxy) is 1. The number of nitrogen functional groups attached to an aromatic ring is 1. The van der Waals surface area contributed by atoms with E-state index in [0.29, 0.717) is 21.5 Å². The first-order valence-electron chi connectivity index (χ1n) is 6.02. The zero-order valence-corrected chi connectivity index (χ0v) is 10.9. The Morgan fingerprint density at radius 1 is 1.35 bits per heavy atom. The van der Waals surface area contributed by atoms with Gasteiger partial charge in [-0.1, -0.05) is 12.1 Å². The Morgan fingerprint density at radius 2 is 2.10 bits per heavy atom. The number of carbonyl (C=O) groups excluding carboxylic acids is 1. The summed E-state index contributed by atoms with van der Waals surface area (Å²) in [7, 11) is 0. The van der Waals surface area contributed by atoms with E-state index in [2.05, 4.69) is 0 Å². The molecule has 0 saturated carbocycles. The average Bonchev–Trinajstić information content (AvgIpc) is 2.42. The molecule has 0 amide bonds. The third-order valence-electron chi connectivity index (χ3n) is 2.72. The fourth-order valence-corrected chi connectivity index (χ4v) is 1.80. The van der Waals surface area contributed by atoms with Crippen LogP contribution in [-0.2, 0) is 4.74 Å². The third-order valence-corrected chi connectivity index (χ3v) is 2.72. The van der Waals surface area contributed by atoms with Gasteiger partial charge >= 0.3 is 5.97 Å². The van der Waals surface area contributed by atoms with E-state index in [1.54, 1.807) is 31.2 Å². The second kappa shape index (κ2) is 5.48. The molecule has 2 rings (SSSR count). The highest BCUT2D eigenvalue weighted by Crippen LogP contribution is 2.21. The van der Waals surface area contributed by atoms with E-state index in [4.69, 9.17) is 10.5 Å². The van der Waals surface area contributed by atoms with Gasteiger partial charge in [-0.25, -0.2) is 4.79 Å². The molecule has 2 aromatic rings. The second-order valence-electron chi connectivity index (χ2n) is 4.14. The number of esters is 1. The minimum Gasteiger partial charge on any atom is -0.462 e. The molecule has 0 aliphatic rings. The number of pyridine rings is 1. The van der Waals surface area contributed by atoms with Gasteiger partial charge in [0.2, 0.25) is 0 Å². The van der Waals surface area contributed by atoms with Crippen LogP contribution in [0, 0.1) is 0 Å². The maximum absolute atomic E-state index is 11.7. The van der Waals surface area contributed by atoms with Crippen molar-refractivity contribution >= 4 is 11.7 Å². The zero-order valence-electron chi connectivity index (χ0n) is 10.9. The van der Waals surface area contributed by atoms with Gasteiger partial charge in [0, 0.05) is 11.3 Å². The first-order valence-corrected chi connectivity index (χ1v) is 6.02. The molecule has 1 aromatic carbocycles. The molecular formula is C14H14N2O4. The Hall–Kier alpha value is -2.76. The highest BCUT2D eigenvalue weighted by molar-refractivity contribution is 5.90. The van der Waals surface area contributed by atoms with Gasteiger partial charge < -0.3 is 15.7 Å². The highest BCUT2D eigenvalue weighted by atomic mass is 16.5. The summed E-state index contributed by atoms with van der Waals surface area (Å²) in [4.78, 5) is 23.4. The average molecular weight is 274 g/mol. The van der Waals surface area contributed by atoms with Crippen LogP contribution in [-0.4, -0.2) is 22.5 Å². The summed E-state index contributed by atoms with van der Waals surface area (Å²) in [5.41, 5.74) is 6.34. The van der Waals surface area contributed by atoms with E-state index >= 15 is 0 Å². The molecule has 6 nitrogen and oxygen atoms in total. The molecule has 0 atom stereocenters. The molecule has 0 aliphatic heterocycles. The number of benzene rings is 1. The number of hydrogen-bond donors (Lipinski definition) is 2. The molecule has 0 radical (unpaired) electrons. The van der Waals surface area contributed by atoms with Gasteiger partial charge in [0.25, 0.3) is 5.56 Å². The van der Waals surface area contributed by atoms with Crippen molar-refractivity contribution in [3.05, 3.63) is 52.4 Å². The van der Waals surface area contributed by atoms with Crippen molar-refractivity contribution in [2.24, 2.45) is 0 Å². The van der Waals surface area contributed by atoms with E-state index < -0.39 is 11.5 Å². The molecular weight excluding hydrogens is 260 g/mol. The quantitative estimate of drug-likeness (QED) is 0.502. The molecule has 20 heavy (non-hydrogen) atoms. The number of aromatic nitrogens is 1. The lowest BCUT2D eigenvalue weighted by Crippen LogP contribution is -2.25. The predicted octanol–water partition coefficient (Wildman–Crippen LogP) is 1.51. The van der Waals surface area contributed by atoms with Crippen molar-refractivity contribution in [1.29, 1.82) is 0 Å². The van der Waals surface area contributed by atoms with Gasteiger partial charge in [0.05, 0.1) is 12.8 Å². The fourth-order valence-electron chi connectivity index (χ4n) is 1.80. The van der Waals surface area contributed by atoms with Gasteiger partial charge in [-0.3, -0.25) is 4.79 Å². The summed E-state index contributed by atoms with van der Waals surface area (Å²) in [6.07, 6.45) is 1.22. The summed E-state index contributed by atoms with van der Waals surface area (Å²) in [5, 5.41) is 9.59. The van der Waals surface area contributed by atoms with E-state index in [9.17, 15) is 14.8 Å². The van der Waals surface area contributed by atoms with Crippen LogP contribution in [0.1, 0.15) is 17.3 Å². The molecule has 0 spiro atoms. The molecule has 0 saturated heterocycles. The van der Waals surface area contributed by atoms with Gasteiger partial charge in [0.1, 0.15) is 5.56 Å². The highest BCUT2D eigenvalue weighted by Gasteiger charge is 2.16. The van der Waals surface area contributed by atoms with Crippen LogP contribution in [0.15, 0.2) is 41.3 Å². The van der Waals surface area contributed by atoms with Crippen LogP contribution in [0.3, 0.4) is 0 Å². The van der Waals surface area contributed by atoms with E-state index in [0.717, 1.165) is 0 Å². The van der Waals surface area contributed by atoms with Crippen molar-refractivity contribution in [3.63, 3.8) is 0 Å². The molecule has 3 N–H and O–H groups in total. The first kappa shape index (κ1) is 13.7. The van der Waals surface area contributed by atoms with Crippen LogP contribution in [0.2, 0.25) is 0 Å². The molecule has 0 bridgehead atoms. The minimum absolute atomic E-state index is 0.145. The monoisotopic (exact) mass is 274 g/mol. The number of rotatable bonds is 3. The largest absolute Gasteiger partial charge is 0.462 e. The van der Waals surface area contributed by atoms with Crippen LogP contribution in [0.25, 0.3) is 11.1 Å². The molecule has 1 aromatic heterocycles. The minimum atomic E-state index is -0.823. The number of carbonyl (C=O) groups is 1. The molecule has 0 unspecified atom stereocenters. The van der Waals surface area contributed by atoms with Crippen LogP contribution in [0.4, 0.5) is 5.69 Å². The Morgan fingerprint density at radius 3 is 2.75 bits per heavy atom. The van der Waals surface area contributed by atoms with Crippen molar-refractivity contribution < 1.29 is 14.7 Å². The Balaban J connectivity index is 2.56. The summed E-state index contributed by atoms with van der Waals surface area (Å²) < 4.78 is 5.16. The third kappa shape index (κ3) is 2.64. The maximum Gasteiger partial charge on any atom is 0.343 e. The van der Waals surface area contributed by atoms with E-state index in [1.807, 2.05) is 0 Å².